The van der Waals surface area contributed by atoms with Crippen LogP contribution in [0.3, 0.4) is 0 Å². The van der Waals surface area contributed by atoms with E-state index in [2.05, 4.69) is 22.8 Å². The number of benzene rings is 3. The molecule has 0 unspecified atom stereocenters. The van der Waals surface area contributed by atoms with Gasteiger partial charge in [0.2, 0.25) is 0 Å². The van der Waals surface area contributed by atoms with E-state index in [-0.39, 0.29) is 5.92 Å². The lowest BCUT2D eigenvalue weighted by atomic mass is 9.98. The Morgan fingerprint density at radius 1 is 0.556 bits per heavy atom. The van der Waals surface area contributed by atoms with Crippen molar-refractivity contribution in [2.45, 2.75) is 5.92 Å². The summed E-state index contributed by atoms with van der Waals surface area (Å²) in [7, 11) is 0. The summed E-state index contributed by atoms with van der Waals surface area (Å²) in [6, 6.07) is 21.1. The smallest absolute Gasteiger partial charge is 0.0719 e. The molecular weight excluding hydrogens is 422 g/mol. The van der Waals surface area contributed by atoms with E-state index in [1.54, 1.807) is 0 Å². The van der Waals surface area contributed by atoms with E-state index in [9.17, 15) is 0 Å². The largest absolute Gasteiger partial charge is 0.382 e. The maximum Gasteiger partial charge on any atom is 0.0719 e. The van der Waals surface area contributed by atoms with Gasteiger partial charge in [-0.1, -0.05) is 88.9 Å². The minimum Gasteiger partial charge on any atom is -0.382 e. The monoisotopic (exact) mass is 438 g/mol. The highest BCUT2D eigenvalue weighted by atomic mass is 35.5. The zero-order chi connectivity index (χ0) is 19.2. The molecule has 0 aliphatic heterocycles. The number of hydrogen-bond donors (Lipinski definition) is 2. The van der Waals surface area contributed by atoms with Gasteiger partial charge in [0.15, 0.2) is 0 Å². The molecule has 0 heterocycles. The fourth-order valence-corrected chi connectivity index (χ4v) is 3.88. The minimum atomic E-state index is 0.144. The second-order valence-electron chi connectivity index (χ2n) is 6.06. The summed E-state index contributed by atoms with van der Waals surface area (Å²) in [5.74, 6) is 0.144. The van der Waals surface area contributed by atoms with Gasteiger partial charge in [0.05, 0.1) is 31.5 Å². The van der Waals surface area contributed by atoms with Gasteiger partial charge in [0.25, 0.3) is 0 Å². The molecule has 27 heavy (non-hydrogen) atoms. The van der Waals surface area contributed by atoms with Gasteiger partial charge >= 0.3 is 0 Å². The maximum atomic E-state index is 6.28. The van der Waals surface area contributed by atoms with Crippen LogP contribution in [0.1, 0.15) is 11.5 Å². The Bertz CT molecular complexity index is 804. The van der Waals surface area contributed by atoms with Crippen LogP contribution in [0.5, 0.6) is 0 Å². The van der Waals surface area contributed by atoms with Crippen molar-refractivity contribution >= 4 is 57.8 Å². The van der Waals surface area contributed by atoms with Crippen molar-refractivity contribution in [2.75, 3.05) is 23.7 Å². The summed E-state index contributed by atoms with van der Waals surface area (Å²) in [4.78, 5) is 0. The van der Waals surface area contributed by atoms with Crippen LogP contribution in [0, 0.1) is 0 Å². The Morgan fingerprint density at radius 3 is 1.37 bits per heavy atom. The SMILES string of the molecule is Clc1cccc(Cl)c1NCC(CNc1c(Cl)cccc1Cl)c1ccccc1. The highest BCUT2D eigenvalue weighted by molar-refractivity contribution is 6.39. The summed E-state index contributed by atoms with van der Waals surface area (Å²) < 4.78 is 0. The molecule has 2 N–H and O–H groups in total. The van der Waals surface area contributed by atoms with E-state index < -0.39 is 0 Å². The van der Waals surface area contributed by atoms with E-state index in [1.807, 2.05) is 54.6 Å². The van der Waals surface area contributed by atoms with E-state index in [4.69, 9.17) is 46.4 Å². The number of anilines is 2. The van der Waals surface area contributed by atoms with Crippen molar-refractivity contribution in [3.05, 3.63) is 92.4 Å². The predicted molar refractivity (Wildman–Crippen MR) is 119 cm³/mol. The number of para-hydroxylation sites is 2. The number of nitrogens with one attached hydrogen (secondary N) is 2. The molecule has 0 aliphatic carbocycles. The molecular formula is C21H18Cl4N2. The van der Waals surface area contributed by atoms with Gasteiger partial charge in [-0.25, -0.2) is 0 Å². The molecule has 0 radical (unpaired) electrons. The van der Waals surface area contributed by atoms with Gasteiger partial charge in [-0.3, -0.25) is 0 Å². The normalized spacial score (nSPS) is 10.9. The molecule has 0 aliphatic rings. The van der Waals surface area contributed by atoms with Gasteiger partial charge in [-0.15, -0.1) is 0 Å². The quantitative estimate of drug-likeness (QED) is 0.395. The minimum absolute atomic E-state index is 0.144. The van der Waals surface area contributed by atoms with E-state index in [0.29, 0.717) is 33.2 Å². The predicted octanol–water partition coefficient (Wildman–Crippen LogP) is 7.61. The standard InChI is InChI=1S/C21H18Cl4N2/c22-16-8-4-9-17(23)20(16)26-12-15(14-6-2-1-3-7-14)13-27-21-18(24)10-5-11-19(21)25/h1-11,15,26-27H,12-13H2. The molecule has 0 spiro atoms. The fourth-order valence-electron chi connectivity index (χ4n) is 2.82. The second-order valence-corrected chi connectivity index (χ2v) is 7.69. The summed E-state index contributed by atoms with van der Waals surface area (Å²) in [5, 5.41) is 9.13. The average Bonchev–Trinajstić information content (AvgIpc) is 2.66. The highest BCUT2D eigenvalue weighted by Gasteiger charge is 2.15. The molecule has 6 heteroatoms. The number of rotatable bonds is 7. The molecule has 0 fully saturated rings. The molecule has 3 aromatic rings. The Morgan fingerprint density at radius 2 is 0.963 bits per heavy atom. The van der Waals surface area contributed by atoms with Crippen LogP contribution in [0.25, 0.3) is 0 Å². The van der Waals surface area contributed by atoms with Crippen molar-refractivity contribution in [3.63, 3.8) is 0 Å². The first-order valence-corrected chi connectivity index (χ1v) is 9.98. The third-order valence-corrected chi connectivity index (χ3v) is 5.51. The second kappa shape index (κ2) is 9.57. The molecule has 3 aromatic carbocycles. The Kier molecular flexibility index (Phi) is 7.14. The first kappa shape index (κ1) is 20.2. The summed E-state index contributed by atoms with van der Waals surface area (Å²) in [6.07, 6.45) is 0. The summed E-state index contributed by atoms with van der Waals surface area (Å²) in [5.41, 5.74) is 2.65. The van der Waals surface area contributed by atoms with Crippen LogP contribution in [0.2, 0.25) is 20.1 Å². The highest BCUT2D eigenvalue weighted by Crippen LogP contribution is 2.32. The van der Waals surface area contributed by atoms with Crippen molar-refractivity contribution in [1.29, 1.82) is 0 Å². The van der Waals surface area contributed by atoms with Crippen LogP contribution in [-0.4, -0.2) is 13.1 Å². The topological polar surface area (TPSA) is 24.1 Å². The van der Waals surface area contributed by atoms with Crippen molar-refractivity contribution in [2.24, 2.45) is 0 Å². The fraction of sp³-hybridized carbons (Fsp3) is 0.143. The molecule has 2 nitrogen and oxygen atoms in total. The Labute approximate surface area is 179 Å². The Balaban J connectivity index is 1.78. The zero-order valence-corrected chi connectivity index (χ0v) is 17.4. The first-order chi connectivity index (χ1) is 13.1. The molecule has 0 bridgehead atoms. The zero-order valence-electron chi connectivity index (χ0n) is 14.4. The van der Waals surface area contributed by atoms with E-state index >= 15 is 0 Å². The lowest BCUT2D eigenvalue weighted by Crippen LogP contribution is -2.21. The van der Waals surface area contributed by atoms with Gasteiger partial charge in [-0.2, -0.15) is 0 Å². The lowest BCUT2D eigenvalue weighted by Gasteiger charge is -2.22. The third-order valence-electron chi connectivity index (χ3n) is 4.25. The molecule has 0 atom stereocenters. The van der Waals surface area contributed by atoms with Gasteiger partial charge in [0, 0.05) is 19.0 Å². The lowest BCUT2D eigenvalue weighted by molar-refractivity contribution is 0.757. The Hall–Kier alpha value is -1.58. The van der Waals surface area contributed by atoms with Crippen molar-refractivity contribution in [3.8, 4) is 0 Å². The molecule has 0 amide bonds. The number of hydrogen-bond acceptors (Lipinski definition) is 2. The van der Waals surface area contributed by atoms with Gasteiger partial charge in [-0.05, 0) is 29.8 Å². The molecule has 140 valence electrons. The van der Waals surface area contributed by atoms with Crippen molar-refractivity contribution < 1.29 is 0 Å². The summed E-state index contributed by atoms with van der Waals surface area (Å²) in [6.45, 7) is 1.28. The van der Waals surface area contributed by atoms with Crippen LogP contribution in [0.4, 0.5) is 11.4 Å². The van der Waals surface area contributed by atoms with Crippen LogP contribution in [-0.2, 0) is 0 Å². The molecule has 0 aromatic heterocycles. The molecule has 0 saturated heterocycles. The third kappa shape index (κ3) is 5.24. The maximum absolute atomic E-state index is 6.28. The summed E-state index contributed by atoms with van der Waals surface area (Å²) >= 11 is 25.1. The van der Waals surface area contributed by atoms with Gasteiger partial charge < -0.3 is 10.6 Å². The van der Waals surface area contributed by atoms with Crippen LogP contribution >= 0.6 is 46.4 Å². The van der Waals surface area contributed by atoms with Crippen LogP contribution in [0.15, 0.2) is 66.7 Å². The van der Waals surface area contributed by atoms with E-state index in [1.165, 1.54) is 5.56 Å². The first-order valence-electron chi connectivity index (χ1n) is 8.47. The average molecular weight is 440 g/mol. The van der Waals surface area contributed by atoms with E-state index in [0.717, 1.165) is 11.4 Å². The number of halogens is 4. The van der Waals surface area contributed by atoms with Gasteiger partial charge in [0.1, 0.15) is 0 Å². The molecule has 3 rings (SSSR count). The van der Waals surface area contributed by atoms with Crippen LogP contribution < -0.4 is 10.6 Å². The van der Waals surface area contributed by atoms with Crippen molar-refractivity contribution in [1.82, 2.24) is 0 Å². The molecule has 0 saturated carbocycles.